The molecule has 1 fully saturated rings. The number of fused-ring (bicyclic) bond motifs is 1. The molecule has 3 heterocycles. The van der Waals surface area contributed by atoms with Crippen molar-refractivity contribution in [2.24, 2.45) is 22.6 Å². The fourth-order valence-corrected chi connectivity index (χ4v) is 6.06. The van der Waals surface area contributed by atoms with Crippen LogP contribution in [0.15, 0.2) is 90.0 Å². The number of likely N-dealkylation sites (tertiary alicyclic amines) is 1. The lowest BCUT2D eigenvalue weighted by molar-refractivity contribution is -0.133. The Morgan fingerprint density at radius 1 is 1.00 bits per heavy atom. The maximum Gasteiger partial charge on any atom is 0.262 e. The molecule has 3 aliphatic heterocycles. The lowest BCUT2D eigenvalue weighted by atomic mass is 9.75. The van der Waals surface area contributed by atoms with Gasteiger partial charge >= 0.3 is 0 Å². The minimum Gasteiger partial charge on any atom is -0.369 e. The van der Waals surface area contributed by atoms with E-state index in [1.165, 1.54) is 11.3 Å². The molecule has 3 unspecified atom stereocenters. The van der Waals surface area contributed by atoms with E-state index >= 15 is 0 Å². The second-order valence-corrected chi connectivity index (χ2v) is 10.2. The number of rotatable bonds is 5. The van der Waals surface area contributed by atoms with E-state index in [0.29, 0.717) is 18.4 Å². The van der Waals surface area contributed by atoms with Crippen molar-refractivity contribution < 1.29 is 4.79 Å². The summed E-state index contributed by atoms with van der Waals surface area (Å²) in [7, 11) is 0. The second-order valence-electron chi connectivity index (χ2n) is 10.2. The number of para-hydroxylation sites is 1. The number of carbonyl (C=O) groups is 1. The normalized spacial score (nSPS) is 28.2. The van der Waals surface area contributed by atoms with Gasteiger partial charge in [-0.2, -0.15) is 0 Å². The van der Waals surface area contributed by atoms with E-state index in [-0.39, 0.29) is 18.0 Å². The third-order valence-corrected chi connectivity index (χ3v) is 8.08. The van der Waals surface area contributed by atoms with Crippen LogP contribution in [0.25, 0.3) is 6.08 Å². The molecule has 184 valence electrons. The van der Waals surface area contributed by atoms with Crippen LogP contribution in [0.3, 0.4) is 0 Å². The van der Waals surface area contributed by atoms with Gasteiger partial charge in [0, 0.05) is 31.2 Å². The maximum absolute atomic E-state index is 14.1. The van der Waals surface area contributed by atoms with E-state index in [9.17, 15) is 4.79 Å². The van der Waals surface area contributed by atoms with E-state index < -0.39 is 5.54 Å². The van der Waals surface area contributed by atoms with Crippen molar-refractivity contribution in [3.05, 3.63) is 96.1 Å². The number of piperidine rings is 1. The Morgan fingerprint density at radius 2 is 1.78 bits per heavy atom. The van der Waals surface area contributed by atoms with Gasteiger partial charge in [0.2, 0.25) is 0 Å². The topological polar surface area (TPSA) is 74.0 Å². The molecule has 6 nitrogen and oxygen atoms in total. The minimum atomic E-state index is -0.989. The van der Waals surface area contributed by atoms with Crippen LogP contribution >= 0.6 is 0 Å². The van der Waals surface area contributed by atoms with E-state index in [4.69, 9.17) is 10.7 Å². The molecule has 3 N–H and O–H groups in total. The average Bonchev–Trinajstić information content (AvgIpc) is 3.20. The summed E-state index contributed by atoms with van der Waals surface area (Å²) in [6, 6.07) is 18.3. The molecule has 0 spiro atoms. The highest BCUT2D eigenvalue weighted by Crippen LogP contribution is 2.43. The molecule has 0 saturated carbocycles. The number of aliphatic imine (C=N–C) groups is 1. The molecule has 0 radical (unpaired) electrons. The van der Waals surface area contributed by atoms with E-state index in [0.717, 1.165) is 37.9 Å². The average molecular weight is 480 g/mol. The fraction of sp³-hybridized carbons (Fsp3) is 0.333. The third-order valence-electron chi connectivity index (χ3n) is 8.08. The van der Waals surface area contributed by atoms with Crippen molar-refractivity contribution in [1.82, 2.24) is 9.80 Å². The van der Waals surface area contributed by atoms with Gasteiger partial charge in [0.05, 0.1) is 6.17 Å². The van der Waals surface area contributed by atoms with Crippen molar-refractivity contribution in [1.29, 1.82) is 0 Å². The number of nitrogens with zero attached hydrogens (tertiary/aromatic N) is 3. The smallest absolute Gasteiger partial charge is 0.262 e. The van der Waals surface area contributed by atoms with Gasteiger partial charge < -0.3 is 11.1 Å². The van der Waals surface area contributed by atoms with Gasteiger partial charge in [0.1, 0.15) is 0 Å². The van der Waals surface area contributed by atoms with Crippen LogP contribution < -0.4 is 11.1 Å². The highest BCUT2D eigenvalue weighted by molar-refractivity contribution is 6.07. The summed E-state index contributed by atoms with van der Waals surface area (Å²) in [6.45, 7) is 2.58. The standard InChI is InChI=1S/C30H33N5O/c31-29-33-30(24-10-3-1-4-11-24,25-12-5-2-6-13-25)28(36)35(29)21-22-17-19-34(20-18-22)27-16-15-23-9-7-8-14-26(23)32-27/h1-12,14-16,22,25,27,32H,13,17-21H2,(H2,31,33). The molecule has 0 aromatic heterocycles. The number of nitrogens with two attached hydrogens (primary N) is 1. The van der Waals surface area contributed by atoms with Gasteiger partial charge in [-0.1, -0.05) is 78.9 Å². The molecule has 1 amide bonds. The first-order valence-corrected chi connectivity index (χ1v) is 13.0. The van der Waals surface area contributed by atoms with Crippen molar-refractivity contribution in [3.8, 4) is 0 Å². The zero-order valence-corrected chi connectivity index (χ0v) is 20.5. The highest BCUT2D eigenvalue weighted by Gasteiger charge is 2.53. The number of allylic oxidation sites excluding steroid dienone is 3. The Kier molecular flexibility index (Phi) is 5.97. The lowest BCUT2D eigenvalue weighted by Crippen LogP contribution is -2.50. The number of guanidine groups is 1. The van der Waals surface area contributed by atoms with Gasteiger partial charge in [-0.15, -0.1) is 0 Å². The number of carbonyl (C=O) groups excluding carboxylic acids is 1. The number of nitrogens with one attached hydrogen (secondary N) is 1. The molecule has 2 aromatic rings. The quantitative estimate of drug-likeness (QED) is 0.669. The molecule has 1 saturated heterocycles. The van der Waals surface area contributed by atoms with Gasteiger partial charge in [-0.05, 0) is 48.4 Å². The van der Waals surface area contributed by atoms with E-state index in [2.05, 4.69) is 58.8 Å². The summed E-state index contributed by atoms with van der Waals surface area (Å²) in [5, 5.41) is 3.66. The molecule has 36 heavy (non-hydrogen) atoms. The van der Waals surface area contributed by atoms with E-state index in [1.54, 1.807) is 4.90 Å². The SMILES string of the molecule is NC1=NC(c2ccccc2)(C2C=CC=CC2)C(=O)N1CC1CCN(C2C=Cc3ccccc3N2)CC1. The molecular weight excluding hydrogens is 446 g/mol. The molecule has 2 aromatic carbocycles. The van der Waals surface area contributed by atoms with E-state index in [1.807, 2.05) is 42.5 Å². The predicted molar refractivity (Wildman–Crippen MR) is 145 cm³/mol. The summed E-state index contributed by atoms with van der Waals surface area (Å²) in [5.74, 6) is 0.705. The predicted octanol–water partition coefficient (Wildman–Crippen LogP) is 4.35. The van der Waals surface area contributed by atoms with Crippen molar-refractivity contribution >= 4 is 23.6 Å². The zero-order chi connectivity index (χ0) is 24.5. The molecule has 3 atom stereocenters. The Hall–Kier alpha value is -3.64. The number of amides is 1. The molecule has 4 aliphatic rings. The molecular formula is C30H33N5O. The fourth-order valence-electron chi connectivity index (χ4n) is 6.06. The lowest BCUT2D eigenvalue weighted by Gasteiger charge is -2.39. The number of anilines is 1. The maximum atomic E-state index is 14.1. The largest absolute Gasteiger partial charge is 0.369 e. The second kappa shape index (κ2) is 9.43. The summed E-state index contributed by atoms with van der Waals surface area (Å²) in [6.07, 6.45) is 15.7. The van der Waals surface area contributed by atoms with Gasteiger partial charge in [-0.3, -0.25) is 14.6 Å². The monoisotopic (exact) mass is 479 g/mol. The first-order chi connectivity index (χ1) is 17.6. The van der Waals surface area contributed by atoms with Crippen LogP contribution in [0, 0.1) is 11.8 Å². The molecule has 6 heteroatoms. The Balaban J connectivity index is 1.15. The summed E-state index contributed by atoms with van der Waals surface area (Å²) >= 11 is 0. The number of hydrogen-bond donors (Lipinski definition) is 2. The van der Waals surface area contributed by atoms with Crippen LogP contribution in [0.4, 0.5) is 5.69 Å². The zero-order valence-electron chi connectivity index (χ0n) is 20.5. The summed E-state index contributed by atoms with van der Waals surface area (Å²) in [4.78, 5) is 23.2. The Labute approximate surface area is 212 Å². The van der Waals surface area contributed by atoms with Gasteiger partial charge in [-0.25, -0.2) is 4.99 Å². The Morgan fingerprint density at radius 3 is 2.56 bits per heavy atom. The highest BCUT2D eigenvalue weighted by atomic mass is 16.2. The summed E-state index contributed by atoms with van der Waals surface area (Å²) in [5.41, 5.74) is 8.82. The molecule has 1 aliphatic carbocycles. The first-order valence-electron chi connectivity index (χ1n) is 13.0. The minimum absolute atomic E-state index is 0.00654. The first kappa shape index (κ1) is 22.8. The third kappa shape index (κ3) is 3.95. The number of hydrogen-bond acceptors (Lipinski definition) is 5. The molecule has 0 bridgehead atoms. The van der Waals surface area contributed by atoms with Crippen molar-refractivity contribution in [3.63, 3.8) is 0 Å². The van der Waals surface area contributed by atoms with Gasteiger partial charge in [0.15, 0.2) is 11.5 Å². The summed E-state index contributed by atoms with van der Waals surface area (Å²) < 4.78 is 0. The van der Waals surface area contributed by atoms with Crippen LogP contribution in [0.1, 0.15) is 30.4 Å². The van der Waals surface area contributed by atoms with Crippen LogP contribution in [-0.4, -0.2) is 47.5 Å². The molecule has 6 rings (SSSR count). The van der Waals surface area contributed by atoms with Gasteiger partial charge in [0.25, 0.3) is 5.91 Å². The van der Waals surface area contributed by atoms with Crippen molar-refractivity contribution in [2.45, 2.75) is 31.0 Å². The number of benzene rings is 2. The van der Waals surface area contributed by atoms with Crippen molar-refractivity contribution in [2.75, 3.05) is 25.0 Å². The Bertz CT molecular complexity index is 1240. The van der Waals surface area contributed by atoms with Crippen LogP contribution in [0.2, 0.25) is 0 Å². The van der Waals surface area contributed by atoms with Crippen LogP contribution in [-0.2, 0) is 10.3 Å². The van der Waals surface area contributed by atoms with Crippen LogP contribution in [0.5, 0.6) is 0 Å².